The smallest absolute Gasteiger partial charge is 0.240 e. The molecule has 0 aliphatic rings. The second-order valence-corrected chi connectivity index (χ2v) is 24.0. The summed E-state index contributed by atoms with van der Waals surface area (Å²) in [4.78, 5) is 0.0448. The summed E-state index contributed by atoms with van der Waals surface area (Å²) in [5, 5.41) is 32.0. The van der Waals surface area contributed by atoms with Gasteiger partial charge in [0.25, 0.3) is 0 Å². The van der Waals surface area contributed by atoms with Gasteiger partial charge in [-0.25, -0.2) is 13.1 Å². The topological polar surface area (TPSA) is 125 Å². The molecule has 0 heterocycles. The second-order valence-electron chi connectivity index (χ2n) is 12.7. The summed E-state index contributed by atoms with van der Waals surface area (Å²) in [5.41, 5.74) is 0.913. The van der Waals surface area contributed by atoms with Gasteiger partial charge < -0.3 is 24.2 Å². The summed E-state index contributed by atoms with van der Waals surface area (Å²) in [6.07, 6.45) is -4.21. The number of rotatable bonds is 12. The molecule has 0 radical (unpaired) electrons. The lowest BCUT2D eigenvalue weighted by Gasteiger charge is -2.42. The molecule has 1 rings (SSSR count). The fourth-order valence-electron chi connectivity index (χ4n) is 2.93. The van der Waals surface area contributed by atoms with Gasteiger partial charge in [-0.1, -0.05) is 59.2 Å². The van der Waals surface area contributed by atoms with Crippen LogP contribution in [-0.2, 0) is 18.9 Å². The minimum Gasteiger partial charge on any atom is -0.415 e. The summed E-state index contributed by atoms with van der Waals surface area (Å²) in [7, 11) is -8.74. The van der Waals surface area contributed by atoms with Gasteiger partial charge in [-0.2, -0.15) is 0 Å². The van der Waals surface area contributed by atoms with E-state index in [1.807, 2.05) is 53.9 Å². The highest BCUT2D eigenvalue weighted by Gasteiger charge is 2.44. The van der Waals surface area contributed by atoms with E-state index in [2.05, 4.69) is 25.5 Å². The Morgan fingerprint density at radius 1 is 0.889 bits per heavy atom. The second kappa shape index (κ2) is 12.0. The predicted octanol–water partition coefficient (Wildman–Crippen LogP) is 3.77. The van der Waals surface area contributed by atoms with Gasteiger partial charge in [0.1, 0.15) is 12.2 Å². The average molecular weight is 564 g/mol. The Hall–Kier alpha value is -0.636. The summed E-state index contributed by atoms with van der Waals surface area (Å²) in [6, 6.07) is 5.19. The van der Waals surface area contributed by atoms with Crippen LogP contribution in [0.1, 0.15) is 47.1 Å². The molecule has 1 aromatic carbocycles. The van der Waals surface area contributed by atoms with Crippen molar-refractivity contribution in [1.82, 2.24) is 4.72 Å². The van der Waals surface area contributed by atoms with Gasteiger partial charge in [0.15, 0.2) is 16.6 Å². The molecule has 0 unspecified atom stereocenters. The van der Waals surface area contributed by atoms with Crippen LogP contribution in [0.2, 0.25) is 36.3 Å². The Labute approximate surface area is 220 Å². The van der Waals surface area contributed by atoms with E-state index in [9.17, 15) is 23.7 Å². The average Bonchev–Trinajstić information content (AvgIpc) is 2.72. The van der Waals surface area contributed by atoms with Gasteiger partial charge in [-0.15, -0.1) is 0 Å². The van der Waals surface area contributed by atoms with Crippen molar-refractivity contribution in [2.75, 3.05) is 13.2 Å². The Kier molecular flexibility index (Phi) is 11.2. The maximum absolute atomic E-state index is 13.2. The first-order chi connectivity index (χ1) is 16.1. The molecule has 0 fully saturated rings. The molecule has 36 heavy (non-hydrogen) atoms. The van der Waals surface area contributed by atoms with Crippen LogP contribution in [0.4, 0.5) is 0 Å². The van der Waals surface area contributed by atoms with Crippen molar-refractivity contribution in [3.8, 4) is 0 Å². The lowest BCUT2D eigenvalue weighted by molar-refractivity contribution is -0.0834. The third kappa shape index (κ3) is 8.70. The summed E-state index contributed by atoms with van der Waals surface area (Å²) in [5.74, 6) is 0. The number of nitrogens with one attached hydrogen (secondary N) is 1. The van der Waals surface area contributed by atoms with Crippen molar-refractivity contribution in [3.63, 3.8) is 0 Å². The molecule has 0 bridgehead atoms. The van der Waals surface area contributed by atoms with Crippen LogP contribution in [0.3, 0.4) is 0 Å². The minimum absolute atomic E-state index is 0.0448. The van der Waals surface area contributed by atoms with Crippen molar-refractivity contribution >= 4 is 26.7 Å². The number of hydrogen-bond donors (Lipinski definition) is 4. The van der Waals surface area contributed by atoms with Crippen LogP contribution in [-0.4, -0.2) is 77.9 Å². The Balaban J connectivity index is 3.30. The molecule has 0 saturated heterocycles. The quantitative estimate of drug-likeness (QED) is 0.285. The number of aliphatic hydroxyl groups is 3. The highest BCUT2D eigenvalue weighted by molar-refractivity contribution is 7.89. The zero-order chi connectivity index (χ0) is 28.3. The number of sulfonamides is 1. The maximum Gasteiger partial charge on any atom is 0.240 e. The molecule has 0 aliphatic heterocycles. The van der Waals surface area contributed by atoms with Gasteiger partial charge in [0.05, 0.1) is 30.3 Å². The van der Waals surface area contributed by atoms with E-state index >= 15 is 0 Å². The van der Waals surface area contributed by atoms with Crippen LogP contribution >= 0.6 is 0 Å². The van der Waals surface area contributed by atoms with Crippen LogP contribution in [0.25, 0.3) is 0 Å². The van der Waals surface area contributed by atoms with Crippen molar-refractivity contribution in [2.45, 2.75) is 114 Å². The summed E-state index contributed by atoms with van der Waals surface area (Å²) in [6.45, 7) is 21.5. The fraction of sp³-hybridized carbons (Fsp3) is 0.760. The van der Waals surface area contributed by atoms with E-state index in [1.54, 1.807) is 12.1 Å². The first-order valence-corrected chi connectivity index (χ1v) is 19.7. The maximum atomic E-state index is 13.2. The van der Waals surface area contributed by atoms with Crippen LogP contribution in [0.15, 0.2) is 29.2 Å². The molecular formula is C25H49NO7SSi2. The monoisotopic (exact) mass is 563 g/mol. The van der Waals surface area contributed by atoms with Gasteiger partial charge >= 0.3 is 0 Å². The molecule has 0 spiro atoms. The first kappa shape index (κ1) is 33.4. The largest absolute Gasteiger partial charge is 0.415 e. The predicted molar refractivity (Wildman–Crippen MR) is 150 cm³/mol. The molecule has 0 aliphatic carbocycles. The van der Waals surface area contributed by atoms with Gasteiger partial charge in [-0.3, -0.25) is 0 Å². The molecule has 0 amide bonds. The first-order valence-electron chi connectivity index (χ1n) is 12.4. The van der Waals surface area contributed by atoms with E-state index in [0.29, 0.717) is 0 Å². The van der Waals surface area contributed by atoms with Crippen molar-refractivity contribution in [3.05, 3.63) is 29.8 Å². The van der Waals surface area contributed by atoms with Crippen LogP contribution in [0, 0.1) is 6.92 Å². The number of aryl methyl sites for hydroxylation is 1. The van der Waals surface area contributed by atoms with Crippen molar-refractivity contribution in [1.29, 1.82) is 0 Å². The van der Waals surface area contributed by atoms with E-state index in [4.69, 9.17) is 8.85 Å². The highest BCUT2D eigenvalue weighted by atomic mass is 32.2. The number of aliphatic hydroxyl groups excluding tert-OH is 3. The fourth-order valence-corrected chi connectivity index (χ4v) is 6.52. The van der Waals surface area contributed by atoms with E-state index < -0.39 is 57.6 Å². The van der Waals surface area contributed by atoms with E-state index in [0.717, 1.165) is 5.56 Å². The zero-order valence-corrected chi connectivity index (χ0v) is 26.7. The van der Waals surface area contributed by atoms with Crippen molar-refractivity contribution in [2.24, 2.45) is 0 Å². The molecular weight excluding hydrogens is 515 g/mol. The third-order valence-electron chi connectivity index (χ3n) is 7.64. The Morgan fingerprint density at radius 2 is 1.36 bits per heavy atom. The SMILES string of the molecule is Cc1ccc(S(=O)(=O)N[C@@H](CO[Si](C)(C)C(C)(C)C)[C@@H](O)[C@H](O)[C@@H](CO)O[Si](C)(C)C(C)(C)C)cc1. The minimum atomic E-state index is -4.03. The lowest BCUT2D eigenvalue weighted by atomic mass is 10.0. The zero-order valence-electron chi connectivity index (χ0n) is 23.9. The summed E-state index contributed by atoms with van der Waals surface area (Å²) >= 11 is 0. The van der Waals surface area contributed by atoms with E-state index in [1.165, 1.54) is 12.1 Å². The van der Waals surface area contributed by atoms with Gasteiger partial charge in [0, 0.05) is 0 Å². The van der Waals surface area contributed by atoms with Gasteiger partial charge in [0.2, 0.25) is 10.0 Å². The standard InChI is InChI=1S/C25H49NO7SSi2/c1-18-12-14-19(15-13-18)34(30,31)26-20(17-32-35(8,9)24(2,3)4)22(28)23(29)21(16-27)33-36(10,11)25(5,6)7/h12-15,20-23,26-29H,16-17H2,1-11H3/t20-,21+,22+,23+/m0/s1. The lowest BCUT2D eigenvalue weighted by Crippen LogP contribution is -2.58. The number of benzene rings is 1. The molecule has 0 aromatic heterocycles. The normalized spacial score (nSPS) is 17.5. The Morgan fingerprint density at radius 3 is 1.78 bits per heavy atom. The van der Waals surface area contributed by atoms with Crippen molar-refractivity contribution < 1.29 is 32.6 Å². The van der Waals surface area contributed by atoms with Gasteiger partial charge in [-0.05, 0) is 55.3 Å². The third-order valence-corrected chi connectivity index (χ3v) is 18.2. The molecule has 8 nitrogen and oxygen atoms in total. The van der Waals surface area contributed by atoms with E-state index in [-0.39, 0.29) is 21.6 Å². The number of hydrogen-bond acceptors (Lipinski definition) is 7. The highest BCUT2D eigenvalue weighted by Crippen LogP contribution is 2.38. The Bertz CT molecular complexity index is 939. The molecule has 210 valence electrons. The summed E-state index contributed by atoms with van der Waals surface area (Å²) < 4.78 is 41.3. The molecule has 4 atom stereocenters. The molecule has 0 saturated carbocycles. The molecule has 1 aromatic rings. The van der Waals surface area contributed by atoms with Crippen LogP contribution < -0.4 is 4.72 Å². The molecule has 11 heteroatoms. The van der Waals surface area contributed by atoms with Crippen LogP contribution in [0.5, 0.6) is 0 Å². The molecule has 4 N–H and O–H groups in total.